The quantitative estimate of drug-likeness (QED) is 0.750. The fraction of sp³-hybridized carbons (Fsp3) is 0.333. The van der Waals surface area contributed by atoms with Gasteiger partial charge in [0.15, 0.2) is 0 Å². The first-order chi connectivity index (χ1) is 11.7. The Morgan fingerprint density at radius 1 is 1.33 bits per heavy atom. The average molecular weight is 341 g/mol. The van der Waals surface area contributed by atoms with Gasteiger partial charge in [0.25, 0.3) is 0 Å². The van der Waals surface area contributed by atoms with Crippen molar-refractivity contribution in [2.75, 3.05) is 0 Å². The molecule has 0 aliphatic heterocycles. The largest absolute Gasteiger partial charge is 0.393 e. The normalized spacial score (nSPS) is 21.4. The average Bonchev–Trinajstić information content (AvgIpc) is 3.20. The van der Waals surface area contributed by atoms with Gasteiger partial charge in [0.05, 0.1) is 29.5 Å². The van der Waals surface area contributed by atoms with Crippen LogP contribution in [0.25, 0.3) is 11.0 Å². The van der Waals surface area contributed by atoms with E-state index in [9.17, 15) is 9.90 Å². The second-order valence-corrected chi connectivity index (χ2v) is 7.29. The number of para-hydroxylation sites is 2. The molecule has 0 spiro atoms. The van der Waals surface area contributed by atoms with Crippen molar-refractivity contribution < 1.29 is 9.90 Å². The fourth-order valence-electron chi connectivity index (χ4n) is 3.30. The lowest BCUT2D eigenvalue weighted by molar-refractivity contribution is -0.123. The molecule has 5 nitrogen and oxygen atoms in total. The van der Waals surface area contributed by atoms with E-state index in [4.69, 9.17) is 0 Å². The van der Waals surface area contributed by atoms with Crippen molar-refractivity contribution in [1.82, 2.24) is 14.9 Å². The van der Waals surface area contributed by atoms with Gasteiger partial charge in [-0.3, -0.25) is 4.79 Å². The molecule has 0 radical (unpaired) electrons. The summed E-state index contributed by atoms with van der Waals surface area (Å²) >= 11 is 1.65. The van der Waals surface area contributed by atoms with Crippen molar-refractivity contribution in [3.8, 4) is 0 Å². The summed E-state index contributed by atoms with van der Waals surface area (Å²) < 4.78 is 1.87. The highest BCUT2D eigenvalue weighted by molar-refractivity contribution is 7.10. The molecule has 0 saturated heterocycles. The van der Waals surface area contributed by atoms with Crippen LogP contribution in [0.1, 0.15) is 23.8 Å². The molecular weight excluding hydrogens is 322 g/mol. The molecule has 1 amide bonds. The number of aliphatic hydroxyl groups excluding tert-OH is 1. The fourth-order valence-corrected chi connectivity index (χ4v) is 4.17. The molecule has 0 unspecified atom stereocenters. The van der Waals surface area contributed by atoms with Gasteiger partial charge in [-0.05, 0) is 42.3 Å². The van der Waals surface area contributed by atoms with Gasteiger partial charge >= 0.3 is 0 Å². The van der Waals surface area contributed by atoms with Gasteiger partial charge in [-0.15, -0.1) is 11.3 Å². The highest BCUT2D eigenvalue weighted by Gasteiger charge is 2.36. The number of aliphatic hydroxyl groups is 1. The van der Waals surface area contributed by atoms with E-state index in [0.717, 1.165) is 28.8 Å². The van der Waals surface area contributed by atoms with E-state index >= 15 is 0 Å². The van der Waals surface area contributed by atoms with E-state index in [0.29, 0.717) is 5.92 Å². The van der Waals surface area contributed by atoms with Crippen LogP contribution in [0.4, 0.5) is 0 Å². The predicted molar refractivity (Wildman–Crippen MR) is 93.7 cm³/mol. The standard InChI is InChI=1S/C18H19N3O2S/c22-13-8-12(9-13)18(16-6-3-7-24-16)20-17(23)10-21-11-19-14-4-1-2-5-15(14)21/h1-7,11-13,18,22H,8-10H2,(H,20,23)/t12?,13?,18-/m0/s1. The van der Waals surface area contributed by atoms with E-state index in [2.05, 4.69) is 10.3 Å². The molecule has 6 heteroatoms. The Kier molecular flexibility index (Phi) is 4.08. The number of benzene rings is 1. The van der Waals surface area contributed by atoms with E-state index in [-0.39, 0.29) is 24.6 Å². The van der Waals surface area contributed by atoms with Crippen LogP contribution in [0.5, 0.6) is 0 Å². The number of nitrogens with zero attached hydrogens (tertiary/aromatic N) is 2. The van der Waals surface area contributed by atoms with Gasteiger partial charge in [0, 0.05) is 4.88 Å². The number of carbonyl (C=O) groups excluding carboxylic acids is 1. The zero-order chi connectivity index (χ0) is 16.5. The maximum Gasteiger partial charge on any atom is 0.240 e. The van der Waals surface area contributed by atoms with E-state index in [1.807, 2.05) is 46.3 Å². The van der Waals surface area contributed by atoms with Gasteiger partial charge in [0.1, 0.15) is 6.54 Å². The lowest BCUT2D eigenvalue weighted by Crippen LogP contribution is -2.42. The summed E-state index contributed by atoms with van der Waals surface area (Å²) in [5.41, 5.74) is 1.85. The Morgan fingerprint density at radius 2 is 2.17 bits per heavy atom. The van der Waals surface area contributed by atoms with Crippen LogP contribution in [0.3, 0.4) is 0 Å². The number of amides is 1. The summed E-state index contributed by atoms with van der Waals surface area (Å²) in [5, 5.41) is 14.8. The maximum atomic E-state index is 12.6. The Bertz CT molecular complexity index is 837. The number of carbonyl (C=O) groups is 1. The number of thiophene rings is 1. The van der Waals surface area contributed by atoms with E-state index in [1.165, 1.54) is 0 Å². The van der Waals surface area contributed by atoms with E-state index < -0.39 is 0 Å². The summed E-state index contributed by atoms with van der Waals surface area (Å²) in [6.07, 6.45) is 2.97. The molecule has 2 aromatic heterocycles. The van der Waals surface area contributed by atoms with Gasteiger partial charge in [-0.25, -0.2) is 4.98 Å². The highest BCUT2D eigenvalue weighted by atomic mass is 32.1. The molecule has 1 fully saturated rings. The van der Waals surface area contributed by atoms with Crippen LogP contribution in [0, 0.1) is 5.92 Å². The molecule has 3 aromatic rings. The van der Waals surface area contributed by atoms with Crippen LogP contribution in [-0.2, 0) is 11.3 Å². The molecule has 1 saturated carbocycles. The summed E-state index contributed by atoms with van der Waals surface area (Å²) in [6, 6.07) is 11.8. The lowest BCUT2D eigenvalue weighted by atomic mass is 9.77. The molecule has 0 bridgehead atoms. The van der Waals surface area contributed by atoms with Crippen molar-refractivity contribution in [3.63, 3.8) is 0 Å². The van der Waals surface area contributed by atoms with Crippen LogP contribution in [0.2, 0.25) is 0 Å². The molecule has 2 N–H and O–H groups in total. The zero-order valence-corrected chi connectivity index (χ0v) is 13.9. The number of aromatic nitrogens is 2. The minimum Gasteiger partial charge on any atom is -0.393 e. The number of hydrogen-bond acceptors (Lipinski definition) is 4. The SMILES string of the molecule is O=C(Cn1cnc2ccccc21)N[C@H](c1cccs1)C1CC(O)C1. The van der Waals surface area contributed by atoms with Gasteiger partial charge in [-0.1, -0.05) is 18.2 Å². The Balaban J connectivity index is 1.49. The van der Waals surface area contributed by atoms with Gasteiger partial charge in [-0.2, -0.15) is 0 Å². The molecule has 1 aliphatic rings. The van der Waals surface area contributed by atoms with Crippen molar-refractivity contribution in [2.45, 2.75) is 31.5 Å². The summed E-state index contributed by atoms with van der Waals surface area (Å²) in [6.45, 7) is 0.248. The second kappa shape index (κ2) is 6.37. The molecule has 1 aromatic carbocycles. The molecule has 1 aliphatic carbocycles. The van der Waals surface area contributed by atoms with E-state index in [1.54, 1.807) is 17.7 Å². The van der Waals surface area contributed by atoms with Crippen molar-refractivity contribution in [3.05, 3.63) is 53.0 Å². The first-order valence-corrected chi connectivity index (χ1v) is 8.99. The highest BCUT2D eigenvalue weighted by Crippen LogP contribution is 2.39. The maximum absolute atomic E-state index is 12.6. The predicted octanol–water partition coefficient (Wildman–Crippen LogP) is 2.73. The zero-order valence-electron chi connectivity index (χ0n) is 13.1. The number of hydrogen-bond donors (Lipinski definition) is 2. The Hall–Kier alpha value is -2.18. The van der Waals surface area contributed by atoms with Crippen molar-refractivity contribution in [2.24, 2.45) is 5.92 Å². The van der Waals surface area contributed by atoms with Crippen LogP contribution < -0.4 is 5.32 Å². The smallest absolute Gasteiger partial charge is 0.240 e. The topological polar surface area (TPSA) is 67.2 Å². The molecule has 24 heavy (non-hydrogen) atoms. The Labute approximate surface area is 144 Å². The Morgan fingerprint density at radius 3 is 2.92 bits per heavy atom. The first-order valence-electron chi connectivity index (χ1n) is 8.11. The van der Waals surface area contributed by atoms with Gasteiger partial charge in [0.2, 0.25) is 5.91 Å². The summed E-state index contributed by atoms with van der Waals surface area (Å²) in [4.78, 5) is 18.0. The van der Waals surface area contributed by atoms with Crippen molar-refractivity contribution in [1.29, 1.82) is 0 Å². The van der Waals surface area contributed by atoms with Crippen LogP contribution >= 0.6 is 11.3 Å². The third kappa shape index (κ3) is 2.95. The molecule has 2 heterocycles. The number of fused-ring (bicyclic) bond motifs is 1. The minimum atomic E-state index is -0.230. The lowest BCUT2D eigenvalue weighted by Gasteiger charge is -2.37. The number of rotatable bonds is 5. The molecule has 4 rings (SSSR count). The molecule has 1 atom stereocenters. The third-order valence-corrected chi connectivity index (χ3v) is 5.58. The summed E-state index contributed by atoms with van der Waals surface area (Å²) in [5.74, 6) is 0.278. The summed E-state index contributed by atoms with van der Waals surface area (Å²) in [7, 11) is 0. The third-order valence-electron chi connectivity index (χ3n) is 4.63. The number of imidazole rings is 1. The molecular formula is C18H19N3O2S. The molecule has 124 valence electrons. The minimum absolute atomic E-state index is 0.0179. The second-order valence-electron chi connectivity index (χ2n) is 6.31. The number of nitrogens with one attached hydrogen (secondary N) is 1. The van der Waals surface area contributed by atoms with Gasteiger partial charge < -0.3 is 15.0 Å². The van der Waals surface area contributed by atoms with Crippen LogP contribution in [0.15, 0.2) is 48.1 Å². The first kappa shape index (κ1) is 15.4. The van der Waals surface area contributed by atoms with Crippen molar-refractivity contribution >= 4 is 28.3 Å². The van der Waals surface area contributed by atoms with Crippen LogP contribution in [-0.4, -0.2) is 26.7 Å². The monoisotopic (exact) mass is 341 g/mol.